The number of ether oxygens (including phenoxy) is 1. The van der Waals surface area contributed by atoms with Gasteiger partial charge in [0.2, 0.25) is 10.0 Å². The summed E-state index contributed by atoms with van der Waals surface area (Å²) in [6, 6.07) is 16.3. The molecular weight excluding hydrogens is 448 g/mol. The zero-order valence-corrected chi connectivity index (χ0v) is 19.3. The van der Waals surface area contributed by atoms with E-state index >= 15 is 0 Å². The number of hydrogen-bond donors (Lipinski definition) is 2. The van der Waals surface area contributed by atoms with E-state index in [-0.39, 0.29) is 23.4 Å². The number of hydrogen-bond acceptors (Lipinski definition) is 6. The fraction of sp³-hybridized carbons (Fsp3) is 0.217. The van der Waals surface area contributed by atoms with Crippen LogP contribution in [-0.2, 0) is 26.1 Å². The van der Waals surface area contributed by atoms with E-state index in [1.165, 1.54) is 42.7 Å². The van der Waals surface area contributed by atoms with Gasteiger partial charge < -0.3 is 10.1 Å². The number of methoxy groups -OCH3 is 1. The summed E-state index contributed by atoms with van der Waals surface area (Å²) in [6.07, 6.45) is -0.0499. The largest absolute Gasteiger partial charge is 0.469 e. The van der Waals surface area contributed by atoms with Gasteiger partial charge in [-0.25, -0.2) is 13.1 Å². The van der Waals surface area contributed by atoms with E-state index in [0.717, 1.165) is 16.0 Å². The molecule has 1 atom stereocenters. The van der Waals surface area contributed by atoms with Crippen LogP contribution in [0.2, 0.25) is 0 Å². The average molecular weight is 473 g/mol. The van der Waals surface area contributed by atoms with Crippen LogP contribution in [0, 0.1) is 6.92 Å². The van der Waals surface area contributed by atoms with Crippen LogP contribution >= 0.6 is 11.3 Å². The number of carbonyl (C=O) groups is 2. The van der Waals surface area contributed by atoms with Crippen molar-refractivity contribution in [1.29, 1.82) is 0 Å². The zero-order valence-electron chi connectivity index (χ0n) is 17.7. The number of rotatable bonds is 9. The summed E-state index contributed by atoms with van der Waals surface area (Å²) in [7, 11) is -2.51. The molecule has 0 saturated heterocycles. The Bertz CT molecular complexity index is 1170. The molecular formula is C23H24N2O5S2. The minimum atomic E-state index is -3.80. The lowest BCUT2D eigenvalue weighted by atomic mass is 10.0. The Morgan fingerprint density at radius 2 is 1.81 bits per heavy atom. The molecule has 168 valence electrons. The van der Waals surface area contributed by atoms with Gasteiger partial charge in [-0.3, -0.25) is 9.59 Å². The Kier molecular flexibility index (Phi) is 7.79. The van der Waals surface area contributed by atoms with Crippen LogP contribution in [-0.4, -0.2) is 27.4 Å². The van der Waals surface area contributed by atoms with Crippen LogP contribution < -0.4 is 10.0 Å². The number of thiophene rings is 1. The van der Waals surface area contributed by atoms with Crippen molar-refractivity contribution >= 4 is 33.2 Å². The number of benzene rings is 2. The fourth-order valence-electron chi connectivity index (χ4n) is 3.01. The first kappa shape index (κ1) is 23.6. The minimum absolute atomic E-state index is 0.0124. The molecule has 1 amide bonds. The maximum absolute atomic E-state index is 12.9. The average Bonchev–Trinajstić information content (AvgIpc) is 3.31. The van der Waals surface area contributed by atoms with E-state index in [1.54, 1.807) is 0 Å². The van der Waals surface area contributed by atoms with Crippen molar-refractivity contribution in [3.05, 3.63) is 87.6 Å². The maximum atomic E-state index is 12.9. The Morgan fingerprint density at radius 3 is 2.47 bits per heavy atom. The van der Waals surface area contributed by atoms with Crippen molar-refractivity contribution in [3.8, 4) is 0 Å². The molecule has 1 aromatic heterocycles. The normalized spacial score (nSPS) is 12.2. The highest BCUT2D eigenvalue weighted by Gasteiger charge is 2.21. The van der Waals surface area contributed by atoms with Gasteiger partial charge in [-0.05, 0) is 42.1 Å². The van der Waals surface area contributed by atoms with Crippen molar-refractivity contribution in [2.45, 2.75) is 30.8 Å². The molecule has 2 N–H and O–H groups in total. The van der Waals surface area contributed by atoms with Crippen LogP contribution in [0.5, 0.6) is 0 Å². The number of esters is 1. The third-order valence-corrected chi connectivity index (χ3v) is 7.08. The van der Waals surface area contributed by atoms with Crippen LogP contribution in [0.4, 0.5) is 0 Å². The summed E-state index contributed by atoms with van der Waals surface area (Å²) in [4.78, 5) is 25.7. The fourth-order valence-corrected chi connectivity index (χ4v) is 4.80. The molecule has 0 aliphatic rings. The summed E-state index contributed by atoms with van der Waals surface area (Å²) in [5.74, 6) is -0.959. The van der Waals surface area contributed by atoms with Crippen LogP contribution in [0.3, 0.4) is 0 Å². The van der Waals surface area contributed by atoms with Crippen LogP contribution in [0.25, 0.3) is 0 Å². The zero-order chi connectivity index (χ0) is 23.1. The number of aryl methyl sites for hydroxylation is 1. The van der Waals surface area contributed by atoms with Gasteiger partial charge in [-0.1, -0.05) is 42.0 Å². The van der Waals surface area contributed by atoms with Gasteiger partial charge in [0.05, 0.1) is 24.5 Å². The van der Waals surface area contributed by atoms with Gasteiger partial charge in [0, 0.05) is 17.0 Å². The molecule has 0 aliphatic carbocycles. The lowest BCUT2D eigenvalue weighted by molar-refractivity contribution is -0.141. The molecule has 0 aliphatic heterocycles. The summed E-state index contributed by atoms with van der Waals surface area (Å²) in [5.41, 5.74) is 1.96. The van der Waals surface area contributed by atoms with E-state index in [2.05, 4.69) is 10.0 Å². The third-order valence-electron chi connectivity index (χ3n) is 4.81. The predicted molar refractivity (Wildman–Crippen MR) is 123 cm³/mol. The SMILES string of the molecule is COC(=O)CC(NC(=O)c1cccc(S(=O)(=O)NCc2cccs2)c1)c1ccc(C)cc1. The van der Waals surface area contributed by atoms with Crippen molar-refractivity contribution < 1.29 is 22.7 Å². The third kappa shape index (κ3) is 6.25. The smallest absolute Gasteiger partial charge is 0.307 e. The van der Waals surface area contributed by atoms with E-state index in [4.69, 9.17) is 4.74 Å². The molecule has 1 heterocycles. The Morgan fingerprint density at radius 1 is 1.06 bits per heavy atom. The molecule has 1 unspecified atom stereocenters. The molecule has 2 aromatic carbocycles. The standard InChI is InChI=1S/C23H24N2O5S2/c1-16-8-10-17(11-9-16)21(14-22(26)30-2)25-23(27)18-5-3-7-20(13-18)32(28,29)24-15-19-6-4-12-31-19/h3-13,21,24H,14-15H2,1-2H3,(H,25,27). The monoisotopic (exact) mass is 472 g/mol. The Hall–Kier alpha value is -3.01. The number of sulfonamides is 1. The topological polar surface area (TPSA) is 102 Å². The first-order valence-electron chi connectivity index (χ1n) is 9.85. The molecule has 3 aromatic rings. The lowest BCUT2D eigenvalue weighted by Crippen LogP contribution is -2.31. The van der Waals surface area contributed by atoms with Crippen molar-refractivity contribution in [2.24, 2.45) is 0 Å². The van der Waals surface area contributed by atoms with Gasteiger partial charge in [-0.2, -0.15) is 0 Å². The van der Waals surface area contributed by atoms with E-state index in [0.29, 0.717) is 0 Å². The number of nitrogens with one attached hydrogen (secondary N) is 2. The van der Waals surface area contributed by atoms with Crippen molar-refractivity contribution in [3.63, 3.8) is 0 Å². The molecule has 0 radical (unpaired) electrons. The highest BCUT2D eigenvalue weighted by atomic mass is 32.2. The molecule has 0 bridgehead atoms. The first-order chi connectivity index (χ1) is 15.3. The van der Waals surface area contributed by atoms with Gasteiger partial charge in [0.15, 0.2) is 0 Å². The quantitative estimate of drug-likeness (QED) is 0.464. The van der Waals surface area contributed by atoms with Crippen LogP contribution in [0.15, 0.2) is 70.9 Å². The summed E-state index contributed by atoms with van der Waals surface area (Å²) in [5, 5.41) is 4.68. The van der Waals surface area contributed by atoms with Crippen LogP contribution in [0.1, 0.15) is 38.8 Å². The van der Waals surface area contributed by atoms with E-state index in [1.807, 2.05) is 48.7 Å². The Labute approximate surface area is 191 Å². The van der Waals surface area contributed by atoms with E-state index < -0.39 is 27.9 Å². The molecule has 0 saturated carbocycles. The number of amides is 1. The van der Waals surface area contributed by atoms with Gasteiger partial charge in [0.25, 0.3) is 5.91 Å². The molecule has 0 spiro atoms. The molecule has 9 heteroatoms. The maximum Gasteiger partial charge on any atom is 0.307 e. The van der Waals surface area contributed by atoms with Gasteiger partial charge in [-0.15, -0.1) is 11.3 Å². The Balaban J connectivity index is 1.78. The summed E-state index contributed by atoms with van der Waals surface area (Å²) < 4.78 is 32.6. The molecule has 32 heavy (non-hydrogen) atoms. The lowest BCUT2D eigenvalue weighted by Gasteiger charge is -2.19. The summed E-state index contributed by atoms with van der Waals surface area (Å²) >= 11 is 1.45. The second-order valence-electron chi connectivity index (χ2n) is 7.15. The predicted octanol–water partition coefficient (Wildman–Crippen LogP) is 3.57. The second-order valence-corrected chi connectivity index (χ2v) is 9.95. The highest BCUT2D eigenvalue weighted by Crippen LogP contribution is 2.20. The van der Waals surface area contributed by atoms with Crippen molar-refractivity contribution in [2.75, 3.05) is 7.11 Å². The van der Waals surface area contributed by atoms with Gasteiger partial charge >= 0.3 is 5.97 Å². The minimum Gasteiger partial charge on any atom is -0.469 e. The van der Waals surface area contributed by atoms with Gasteiger partial charge in [0.1, 0.15) is 0 Å². The second kappa shape index (κ2) is 10.5. The number of carbonyl (C=O) groups excluding carboxylic acids is 2. The molecule has 0 fully saturated rings. The highest BCUT2D eigenvalue weighted by molar-refractivity contribution is 7.89. The summed E-state index contributed by atoms with van der Waals surface area (Å²) in [6.45, 7) is 2.11. The molecule has 3 rings (SSSR count). The van der Waals surface area contributed by atoms with Crippen molar-refractivity contribution in [1.82, 2.24) is 10.0 Å². The molecule has 7 nitrogen and oxygen atoms in total. The first-order valence-corrected chi connectivity index (χ1v) is 12.2. The van der Waals surface area contributed by atoms with E-state index in [9.17, 15) is 18.0 Å².